The number of Topliss-reactive ketones (excluding diaryl/α,β-unsaturated/α-hetero) is 1. The number of carbonyl (C=O) groups is 2. The Morgan fingerprint density at radius 1 is 1.11 bits per heavy atom. The molecule has 2 heterocycles. The van der Waals surface area contributed by atoms with Crippen LogP contribution in [0.25, 0.3) is 10.9 Å². The molecule has 0 unspecified atom stereocenters. The van der Waals surface area contributed by atoms with Crippen LogP contribution in [0.15, 0.2) is 42.6 Å². The van der Waals surface area contributed by atoms with Crippen molar-refractivity contribution in [2.75, 3.05) is 13.1 Å². The van der Waals surface area contributed by atoms with E-state index in [0.717, 1.165) is 10.9 Å². The van der Waals surface area contributed by atoms with E-state index in [1.54, 1.807) is 6.20 Å². The van der Waals surface area contributed by atoms with Crippen LogP contribution < -0.4 is 0 Å². The van der Waals surface area contributed by atoms with Gasteiger partial charge in [-0.25, -0.2) is 0 Å². The van der Waals surface area contributed by atoms with Crippen molar-refractivity contribution in [3.63, 3.8) is 0 Å². The first-order valence-electron chi connectivity index (χ1n) is 5.82. The first kappa shape index (κ1) is 10.8. The maximum atomic E-state index is 12.2. The first-order chi connectivity index (χ1) is 8.77. The number of amides is 1. The molecule has 90 valence electrons. The predicted octanol–water partition coefficient (Wildman–Crippen LogP) is 1.75. The molecule has 0 fully saturated rings. The average Bonchev–Trinajstić information content (AvgIpc) is 3.06. The van der Waals surface area contributed by atoms with Gasteiger partial charge in [-0.1, -0.05) is 30.4 Å². The van der Waals surface area contributed by atoms with Gasteiger partial charge < -0.3 is 9.88 Å². The number of aromatic amines is 1. The number of carbonyl (C=O) groups excluding carboxylic acids is 2. The van der Waals surface area contributed by atoms with Crippen molar-refractivity contribution in [3.05, 3.63) is 48.2 Å². The Hall–Kier alpha value is -2.36. The van der Waals surface area contributed by atoms with Crippen LogP contribution in [0.2, 0.25) is 0 Å². The molecule has 18 heavy (non-hydrogen) atoms. The summed E-state index contributed by atoms with van der Waals surface area (Å²) in [5.74, 6) is -0.888. The van der Waals surface area contributed by atoms with Gasteiger partial charge in [0.2, 0.25) is 0 Å². The first-order valence-corrected chi connectivity index (χ1v) is 5.82. The second-order valence-electron chi connectivity index (χ2n) is 4.26. The third-order valence-corrected chi connectivity index (χ3v) is 3.13. The molecule has 1 aliphatic rings. The SMILES string of the molecule is O=C(C(=O)N1CC=CC1)c1c[nH]c2ccccc12. The van der Waals surface area contributed by atoms with Crippen molar-refractivity contribution < 1.29 is 9.59 Å². The molecule has 2 aromatic rings. The van der Waals surface area contributed by atoms with Crippen molar-refractivity contribution in [1.82, 2.24) is 9.88 Å². The lowest BCUT2D eigenvalue weighted by Gasteiger charge is -2.13. The number of hydrogen-bond donors (Lipinski definition) is 1. The molecule has 0 radical (unpaired) electrons. The number of nitrogens with zero attached hydrogens (tertiary/aromatic N) is 1. The van der Waals surface area contributed by atoms with Gasteiger partial charge in [-0.3, -0.25) is 9.59 Å². The molecule has 0 saturated heterocycles. The van der Waals surface area contributed by atoms with Crippen molar-refractivity contribution in [2.45, 2.75) is 0 Å². The van der Waals surface area contributed by atoms with Crippen molar-refractivity contribution in [1.29, 1.82) is 0 Å². The average molecular weight is 240 g/mol. The van der Waals surface area contributed by atoms with E-state index in [2.05, 4.69) is 4.98 Å². The molecule has 0 spiro atoms. The Labute approximate surface area is 104 Å². The Morgan fingerprint density at radius 2 is 1.83 bits per heavy atom. The number of para-hydroxylation sites is 1. The summed E-state index contributed by atoms with van der Waals surface area (Å²) < 4.78 is 0. The number of nitrogens with one attached hydrogen (secondary N) is 1. The lowest BCUT2D eigenvalue weighted by atomic mass is 10.1. The summed E-state index contributed by atoms with van der Waals surface area (Å²) in [6.45, 7) is 1.04. The monoisotopic (exact) mass is 240 g/mol. The van der Waals surface area contributed by atoms with Crippen LogP contribution in [0.5, 0.6) is 0 Å². The van der Waals surface area contributed by atoms with Gasteiger partial charge in [-0.15, -0.1) is 0 Å². The molecule has 3 rings (SSSR count). The molecule has 1 amide bonds. The minimum atomic E-state index is -0.448. The van der Waals surface area contributed by atoms with Crippen LogP contribution in [0.1, 0.15) is 10.4 Å². The number of rotatable bonds is 2. The van der Waals surface area contributed by atoms with E-state index < -0.39 is 11.7 Å². The van der Waals surface area contributed by atoms with Crippen LogP contribution >= 0.6 is 0 Å². The summed E-state index contributed by atoms with van der Waals surface area (Å²) in [6, 6.07) is 7.47. The van der Waals surface area contributed by atoms with E-state index in [9.17, 15) is 9.59 Å². The van der Waals surface area contributed by atoms with E-state index >= 15 is 0 Å². The van der Waals surface area contributed by atoms with Crippen LogP contribution in [0.4, 0.5) is 0 Å². The Kier molecular flexibility index (Phi) is 2.48. The number of ketones is 1. The van der Waals surface area contributed by atoms with Crippen molar-refractivity contribution in [3.8, 4) is 0 Å². The molecular weight excluding hydrogens is 228 g/mol. The molecule has 4 nitrogen and oxygen atoms in total. The molecule has 4 heteroatoms. The Bertz CT molecular complexity index is 647. The highest BCUT2D eigenvalue weighted by molar-refractivity contribution is 6.44. The molecule has 0 saturated carbocycles. The van der Waals surface area contributed by atoms with Gasteiger partial charge >= 0.3 is 0 Å². The number of fused-ring (bicyclic) bond motifs is 1. The minimum absolute atomic E-state index is 0.440. The summed E-state index contributed by atoms with van der Waals surface area (Å²) in [5, 5.41) is 0.794. The molecule has 1 aromatic heterocycles. The Balaban J connectivity index is 1.94. The zero-order chi connectivity index (χ0) is 12.5. The fourth-order valence-corrected chi connectivity index (χ4v) is 2.16. The highest BCUT2D eigenvalue weighted by Gasteiger charge is 2.25. The highest BCUT2D eigenvalue weighted by atomic mass is 16.2. The number of benzene rings is 1. The maximum Gasteiger partial charge on any atom is 0.295 e. The summed E-state index contributed by atoms with van der Waals surface area (Å²) in [7, 11) is 0. The van der Waals surface area contributed by atoms with E-state index in [1.165, 1.54) is 4.90 Å². The van der Waals surface area contributed by atoms with Crippen molar-refractivity contribution in [2.24, 2.45) is 0 Å². The summed E-state index contributed by atoms with van der Waals surface area (Å²) in [6.07, 6.45) is 5.38. The molecule has 1 N–H and O–H groups in total. The fourth-order valence-electron chi connectivity index (χ4n) is 2.16. The van der Waals surface area contributed by atoms with Gasteiger partial charge in [-0.2, -0.15) is 0 Å². The molecule has 0 aliphatic carbocycles. The number of H-pyrrole nitrogens is 1. The van der Waals surface area contributed by atoms with E-state index in [4.69, 9.17) is 0 Å². The van der Waals surface area contributed by atoms with Crippen LogP contribution in [-0.4, -0.2) is 34.7 Å². The lowest BCUT2D eigenvalue weighted by Crippen LogP contribution is -2.34. The number of aromatic nitrogens is 1. The second-order valence-corrected chi connectivity index (χ2v) is 4.26. The van der Waals surface area contributed by atoms with Crippen LogP contribution in [0, 0.1) is 0 Å². The number of hydrogen-bond acceptors (Lipinski definition) is 2. The second kappa shape index (κ2) is 4.14. The zero-order valence-electron chi connectivity index (χ0n) is 9.72. The van der Waals surface area contributed by atoms with Gasteiger partial charge in [0.15, 0.2) is 0 Å². The zero-order valence-corrected chi connectivity index (χ0v) is 9.72. The molecular formula is C14H12N2O2. The predicted molar refractivity (Wildman–Crippen MR) is 68.3 cm³/mol. The molecule has 1 aromatic carbocycles. The van der Waals surface area contributed by atoms with Crippen LogP contribution in [0.3, 0.4) is 0 Å². The molecule has 0 atom stereocenters. The fraction of sp³-hybridized carbons (Fsp3) is 0.143. The quantitative estimate of drug-likeness (QED) is 0.494. The third kappa shape index (κ3) is 1.62. The summed E-state index contributed by atoms with van der Waals surface area (Å²) in [5.41, 5.74) is 1.32. The topological polar surface area (TPSA) is 53.2 Å². The summed E-state index contributed by atoms with van der Waals surface area (Å²) >= 11 is 0. The van der Waals surface area contributed by atoms with E-state index in [-0.39, 0.29) is 0 Å². The lowest BCUT2D eigenvalue weighted by molar-refractivity contribution is -0.125. The van der Waals surface area contributed by atoms with Gasteiger partial charge in [0, 0.05) is 30.2 Å². The van der Waals surface area contributed by atoms with Gasteiger partial charge in [0.25, 0.3) is 11.7 Å². The smallest absolute Gasteiger partial charge is 0.295 e. The normalized spacial score (nSPS) is 14.3. The summed E-state index contributed by atoms with van der Waals surface area (Å²) in [4.78, 5) is 28.7. The largest absolute Gasteiger partial charge is 0.360 e. The van der Waals surface area contributed by atoms with Crippen LogP contribution in [-0.2, 0) is 4.79 Å². The molecule has 1 aliphatic heterocycles. The maximum absolute atomic E-state index is 12.2. The van der Waals surface area contributed by atoms with Gasteiger partial charge in [0.1, 0.15) is 0 Å². The highest BCUT2D eigenvalue weighted by Crippen LogP contribution is 2.19. The van der Waals surface area contributed by atoms with E-state index in [0.29, 0.717) is 18.7 Å². The molecule has 0 bridgehead atoms. The third-order valence-electron chi connectivity index (χ3n) is 3.13. The Morgan fingerprint density at radius 3 is 2.61 bits per heavy atom. The van der Waals surface area contributed by atoms with Crippen molar-refractivity contribution >= 4 is 22.6 Å². The standard InChI is InChI=1S/C14H12N2O2/c17-13(14(18)16-7-3-4-8-16)11-9-15-12-6-2-1-5-10(11)12/h1-6,9,15H,7-8H2. The van der Waals surface area contributed by atoms with Gasteiger partial charge in [-0.05, 0) is 6.07 Å². The minimum Gasteiger partial charge on any atom is -0.360 e. The van der Waals surface area contributed by atoms with E-state index in [1.807, 2.05) is 36.4 Å². The van der Waals surface area contributed by atoms with Gasteiger partial charge in [0.05, 0.1) is 5.56 Å².